The Bertz CT molecular complexity index is 2280. The Morgan fingerprint density at radius 1 is 0.418 bits per heavy atom. The minimum absolute atomic E-state index is 1.92. The van der Waals surface area contributed by atoms with Crippen LogP contribution in [-0.2, 0) is 131 Å². The molecule has 35 nitrogen and oxygen atoms in total. The van der Waals surface area contributed by atoms with Crippen LogP contribution in [0.3, 0.4) is 0 Å². The molecule has 2 rings (SSSR count). The van der Waals surface area contributed by atoms with Crippen molar-refractivity contribution in [3.63, 3.8) is 0 Å². The zero-order valence-corrected chi connectivity index (χ0v) is 31.6. The maximum atomic E-state index is 11.9. The molecule has 2 fully saturated rings. The molecule has 43 heteroatoms. The molecule has 0 aliphatic carbocycles. The second-order valence-electron chi connectivity index (χ2n) is 9.64. The van der Waals surface area contributed by atoms with Crippen LogP contribution >= 0.6 is 0 Å². The average molecular weight is 983 g/mol. The summed E-state index contributed by atoms with van der Waals surface area (Å²) < 4.78 is 307. The summed E-state index contributed by atoms with van der Waals surface area (Å²) >= 11 is 0. The van der Waals surface area contributed by atoms with Gasteiger partial charge >= 0.3 is 83.2 Å². The Balaban J connectivity index is 3.07. The summed E-state index contributed by atoms with van der Waals surface area (Å²) in [5.41, 5.74) is 0. The van der Waals surface area contributed by atoms with Crippen LogP contribution in [0.2, 0.25) is 0 Å². The van der Waals surface area contributed by atoms with Crippen LogP contribution in [0.25, 0.3) is 0 Å². The Labute approximate surface area is 308 Å². The van der Waals surface area contributed by atoms with Crippen molar-refractivity contribution in [1.29, 1.82) is 0 Å². The average Bonchev–Trinajstić information content (AvgIpc) is 3.15. The molecule has 2 saturated heterocycles. The highest BCUT2D eigenvalue weighted by Gasteiger charge is 2.65. The predicted molar refractivity (Wildman–Crippen MR) is 152 cm³/mol. The lowest BCUT2D eigenvalue weighted by molar-refractivity contribution is -0.374. The van der Waals surface area contributed by atoms with Gasteiger partial charge in [-0.3, -0.25) is 36.4 Å². The van der Waals surface area contributed by atoms with Crippen LogP contribution in [0.1, 0.15) is 0 Å². The van der Waals surface area contributed by atoms with Gasteiger partial charge < -0.3 is 14.2 Å². The standard InChI is InChI=1S/C12H22O35S8/c13-48(14,15)37-1-4-6(43-51(22,23)24)8(45-53(28,29)30)9(46-54(31,32)33)11(40-4)42-12(3-39-50(19,20)21)10(47-55(34,35)36)7(44-52(25,26)27)5(41-12)2-38-49(16,17)18/h4-11H,1-3H2,(H,13,14,15)(H,16,17,18)(H,19,20,21)(H,22,23,24)(H,25,26,27)(H,28,29,30)(H,31,32,33)(H,34,35,36)/t4?,5-,6-,7-,8?,9?,10-,11+,12+/m1/s1. The normalized spacial score (nSPS) is 30.7. The van der Waals surface area contributed by atoms with E-state index in [1.807, 2.05) is 0 Å². The van der Waals surface area contributed by atoms with Gasteiger partial charge in [0.1, 0.15) is 37.1 Å². The van der Waals surface area contributed by atoms with Crippen molar-refractivity contribution in [2.75, 3.05) is 19.8 Å². The lowest BCUT2D eigenvalue weighted by atomic mass is 9.99. The van der Waals surface area contributed by atoms with Crippen molar-refractivity contribution in [3.8, 4) is 0 Å². The highest BCUT2D eigenvalue weighted by molar-refractivity contribution is 7.82. The molecule has 0 aromatic heterocycles. The molecule has 0 aromatic rings. The maximum absolute atomic E-state index is 11.9. The zero-order chi connectivity index (χ0) is 43.0. The van der Waals surface area contributed by atoms with Gasteiger partial charge in [-0.15, -0.1) is 0 Å². The summed E-state index contributed by atoms with van der Waals surface area (Å²) in [6.07, 6.45) is -26.0. The third-order valence-electron chi connectivity index (χ3n) is 5.68. The Kier molecular flexibility index (Phi) is 15.6. The van der Waals surface area contributed by atoms with E-state index in [0.29, 0.717) is 0 Å². The van der Waals surface area contributed by atoms with E-state index in [9.17, 15) is 94.7 Å². The first-order chi connectivity index (χ1) is 24.2. The summed E-state index contributed by atoms with van der Waals surface area (Å²) in [5.74, 6) is -4.12. The molecule has 328 valence electrons. The molecular weight excluding hydrogens is 961 g/mol. The first kappa shape index (κ1) is 50.0. The molecule has 2 aliphatic heterocycles. The van der Waals surface area contributed by atoms with Gasteiger partial charge in [0.05, 0.1) is 13.2 Å². The van der Waals surface area contributed by atoms with Gasteiger partial charge in [-0.1, -0.05) is 0 Å². The number of hydrogen-bond acceptors (Lipinski definition) is 27. The Morgan fingerprint density at radius 3 is 1.18 bits per heavy atom. The van der Waals surface area contributed by atoms with Crippen LogP contribution in [0.5, 0.6) is 0 Å². The third kappa shape index (κ3) is 18.1. The van der Waals surface area contributed by atoms with E-state index >= 15 is 0 Å². The van der Waals surface area contributed by atoms with Gasteiger partial charge in [0.2, 0.25) is 5.79 Å². The van der Waals surface area contributed by atoms with Gasteiger partial charge in [-0.05, 0) is 0 Å². The van der Waals surface area contributed by atoms with E-state index in [1.165, 1.54) is 0 Å². The van der Waals surface area contributed by atoms with Gasteiger partial charge in [-0.25, -0.2) is 33.5 Å². The van der Waals surface area contributed by atoms with Crippen LogP contribution in [0.4, 0.5) is 0 Å². The van der Waals surface area contributed by atoms with E-state index in [4.69, 9.17) is 23.3 Å². The van der Waals surface area contributed by atoms with Crippen molar-refractivity contribution in [2.45, 2.75) is 54.8 Å². The lowest BCUT2D eigenvalue weighted by Crippen LogP contribution is -2.65. The highest BCUT2D eigenvalue weighted by atomic mass is 32.3. The largest absolute Gasteiger partial charge is 0.397 e. The van der Waals surface area contributed by atoms with E-state index in [1.54, 1.807) is 0 Å². The van der Waals surface area contributed by atoms with Gasteiger partial charge in [0.25, 0.3) is 0 Å². The van der Waals surface area contributed by atoms with E-state index in [-0.39, 0.29) is 0 Å². The maximum Gasteiger partial charge on any atom is 0.397 e. The summed E-state index contributed by atoms with van der Waals surface area (Å²) in [4.78, 5) is 0. The molecule has 2 heterocycles. The van der Waals surface area contributed by atoms with Crippen LogP contribution in [0.15, 0.2) is 0 Å². The summed E-state index contributed by atoms with van der Waals surface area (Å²) in [7, 11) is -48.3. The molecular formula is C12H22O35S8. The Hall–Kier alpha value is -1.16. The monoisotopic (exact) mass is 982 g/mol. The second kappa shape index (κ2) is 17.2. The predicted octanol–water partition coefficient (Wildman–Crippen LogP) is -6.78. The topological polar surface area (TPSA) is 536 Å². The molecule has 0 spiro atoms. The van der Waals surface area contributed by atoms with Crippen molar-refractivity contribution < 1.29 is 151 Å². The molecule has 0 saturated carbocycles. The number of rotatable bonds is 21. The molecule has 9 atom stereocenters. The smallest absolute Gasteiger partial charge is 0.341 e. The van der Waals surface area contributed by atoms with Crippen molar-refractivity contribution in [3.05, 3.63) is 0 Å². The molecule has 2 aliphatic rings. The van der Waals surface area contributed by atoms with Crippen molar-refractivity contribution in [1.82, 2.24) is 0 Å². The van der Waals surface area contributed by atoms with Crippen LogP contribution in [0, 0.1) is 0 Å². The lowest BCUT2D eigenvalue weighted by Gasteiger charge is -2.45. The molecule has 8 N–H and O–H groups in total. The molecule has 0 bridgehead atoms. The molecule has 55 heavy (non-hydrogen) atoms. The summed E-state index contributed by atoms with van der Waals surface area (Å²) in [6, 6.07) is 0. The van der Waals surface area contributed by atoms with E-state index in [0.717, 1.165) is 0 Å². The molecule has 0 amide bonds. The third-order valence-corrected chi connectivity index (χ3v) is 9.28. The summed E-state index contributed by atoms with van der Waals surface area (Å²) in [6.45, 7) is -6.25. The molecule has 0 aromatic carbocycles. The van der Waals surface area contributed by atoms with E-state index < -0.39 is 158 Å². The van der Waals surface area contributed by atoms with Gasteiger partial charge in [-0.2, -0.15) is 67.3 Å². The van der Waals surface area contributed by atoms with Gasteiger partial charge in [0.15, 0.2) is 18.5 Å². The summed E-state index contributed by atoms with van der Waals surface area (Å²) in [5, 5.41) is 0. The Morgan fingerprint density at radius 2 is 0.782 bits per heavy atom. The first-order valence-corrected chi connectivity index (χ1v) is 23.2. The second-order valence-corrected chi connectivity index (χ2v) is 18.2. The fourth-order valence-electron chi connectivity index (χ4n) is 4.24. The highest BCUT2D eigenvalue weighted by Crippen LogP contribution is 2.42. The SMILES string of the molecule is O=S(=O)(O)OCC1O[C@@H](O[C@]2(COS(=O)(=O)O)O[C@H](COS(=O)(=O)O)[C@@H](OS(=O)(=O)O)[C@H]2OS(=O)(=O)O)C(OS(=O)(=O)O)C(OS(=O)(=O)O)[C@@H]1OS(=O)(=O)O. The fraction of sp³-hybridized carbons (Fsp3) is 1.00. The molecule has 3 unspecified atom stereocenters. The molecule has 0 radical (unpaired) electrons. The number of hydrogen-bond donors (Lipinski definition) is 8. The van der Waals surface area contributed by atoms with E-state index in [2.05, 4.69) is 33.5 Å². The van der Waals surface area contributed by atoms with Crippen molar-refractivity contribution >= 4 is 83.2 Å². The van der Waals surface area contributed by atoms with Crippen LogP contribution in [-0.4, -0.2) is 178 Å². The minimum Gasteiger partial charge on any atom is -0.341 e. The first-order valence-electron chi connectivity index (χ1n) is 12.3. The van der Waals surface area contributed by atoms with Crippen molar-refractivity contribution in [2.24, 2.45) is 0 Å². The number of ether oxygens (including phenoxy) is 3. The quantitative estimate of drug-likeness (QED) is 0.0496. The fourth-order valence-corrected chi connectivity index (χ4v) is 7.68. The minimum atomic E-state index is -6.24. The van der Waals surface area contributed by atoms with Crippen LogP contribution < -0.4 is 0 Å². The van der Waals surface area contributed by atoms with Gasteiger partial charge in [0, 0.05) is 0 Å². The zero-order valence-electron chi connectivity index (χ0n) is 25.1.